The van der Waals surface area contributed by atoms with Crippen LogP contribution in [0.3, 0.4) is 0 Å². The van der Waals surface area contributed by atoms with Crippen molar-refractivity contribution in [2.45, 2.75) is 0 Å². The molecule has 0 atom stereocenters. The van der Waals surface area contributed by atoms with E-state index in [1.54, 1.807) is 0 Å². The van der Waals surface area contributed by atoms with E-state index in [2.05, 4.69) is 6.07 Å². The van der Waals surface area contributed by atoms with Crippen molar-refractivity contribution in [2.75, 3.05) is 0 Å². The molecule has 0 radical (unpaired) electrons. The first-order valence-corrected chi connectivity index (χ1v) is 19.9. The van der Waals surface area contributed by atoms with Gasteiger partial charge in [-0.15, -0.1) is 0 Å². The summed E-state index contributed by atoms with van der Waals surface area (Å²) in [7, 11) is 0. The van der Waals surface area contributed by atoms with Gasteiger partial charge in [0.15, 0.2) is 17.5 Å². The standard InChI is InChI=1S/C57H38N4/c1-4-15-39(16-5-1)42-27-31-44(32-28-42)55-58-56(45-33-29-43(30-34-45)40-17-6-2-7-18-40)60-57(59-55)51-36-35-48(47-22-14-21-46(37-47)41-19-8-3-9-20-41)38-54(51)61-52-25-12-10-23-49(52)50-24-11-13-26-53(50)61/h1-38H/i10D,11D,12D,13D,23D,24D,25D,26D. The van der Waals surface area contributed by atoms with Gasteiger partial charge in [0.25, 0.3) is 0 Å². The molecule has 0 fully saturated rings. The van der Waals surface area contributed by atoms with Gasteiger partial charge in [-0.3, -0.25) is 0 Å². The minimum atomic E-state index is -0.519. The molecule has 11 rings (SSSR count). The van der Waals surface area contributed by atoms with E-state index in [-0.39, 0.29) is 27.6 Å². The van der Waals surface area contributed by atoms with Crippen LogP contribution in [-0.4, -0.2) is 19.5 Å². The SMILES string of the molecule is [2H]c1c([2H])c([2H])c2c(c1[2H])c1c([2H])c([2H])c([2H])c([2H])c1n2-c1cc(-c2cccc(-c3ccccc3)c2)ccc1-c1nc(-c2ccc(-c3ccccc3)cc2)nc(-c2ccc(-c3ccccc3)cc2)n1. The summed E-state index contributed by atoms with van der Waals surface area (Å²) in [5.41, 5.74) is 9.86. The fourth-order valence-corrected chi connectivity index (χ4v) is 7.90. The maximum Gasteiger partial charge on any atom is 0.166 e. The Hall–Kier alpha value is -8.21. The van der Waals surface area contributed by atoms with Gasteiger partial charge in [0.1, 0.15) is 0 Å². The fraction of sp³-hybridized carbons (Fsp3) is 0. The maximum atomic E-state index is 9.40. The normalized spacial score (nSPS) is 13.1. The fourth-order valence-electron chi connectivity index (χ4n) is 7.90. The van der Waals surface area contributed by atoms with Gasteiger partial charge in [-0.05, 0) is 74.8 Å². The first-order valence-electron chi connectivity index (χ1n) is 23.9. The molecule has 4 nitrogen and oxygen atoms in total. The summed E-state index contributed by atoms with van der Waals surface area (Å²) in [6, 6.07) is 56.0. The van der Waals surface area contributed by atoms with E-state index in [0.29, 0.717) is 22.9 Å². The highest BCUT2D eigenvalue weighted by Crippen LogP contribution is 2.39. The van der Waals surface area contributed by atoms with Crippen LogP contribution in [0.1, 0.15) is 11.0 Å². The third-order valence-electron chi connectivity index (χ3n) is 11.0. The molecule has 0 aliphatic carbocycles. The Labute approximate surface area is 366 Å². The zero-order chi connectivity index (χ0) is 47.5. The Morgan fingerprint density at radius 1 is 0.311 bits per heavy atom. The molecule has 0 amide bonds. The van der Waals surface area contributed by atoms with Crippen molar-refractivity contribution < 1.29 is 11.0 Å². The number of nitrogens with zero attached hydrogens (tertiary/aromatic N) is 4. The predicted octanol–water partition coefficient (Wildman–Crippen LogP) is 14.6. The van der Waals surface area contributed by atoms with E-state index < -0.39 is 48.3 Å². The zero-order valence-corrected chi connectivity index (χ0v) is 32.6. The number of hydrogen-bond donors (Lipinski definition) is 0. The second-order valence-electron chi connectivity index (χ2n) is 14.7. The van der Waals surface area contributed by atoms with E-state index in [9.17, 15) is 5.48 Å². The Kier molecular flexibility index (Phi) is 7.19. The lowest BCUT2D eigenvalue weighted by molar-refractivity contribution is 1.06. The number of rotatable bonds is 8. The van der Waals surface area contributed by atoms with Gasteiger partial charge >= 0.3 is 0 Å². The summed E-state index contributed by atoms with van der Waals surface area (Å²) >= 11 is 0. The monoisotopic (exact) mass is 786 g/mol. The lowest BCUT2D eigenvalue weighted by atomic mass is 9.97. The molecule has 2 aromatic heterocycles. The van der Waals surface area contributed by atoms with Gasteiger partial charge in [0, 0.05) is 27.5 Å². The lowest BCUT2D eigenvalue weighted by Gasteiger charge is -2.17. The molecule has 0 N–H and O–H groups in total. The Balaban J connectivity index is 1.21. The van der Waals surface area contributed by atoms with Crippen LogP contribution in [0.15, 0.2) is 230 Å². The maximum absolute atomic E-state index is 9.40. The lowest BCUT2D eigenvalue weighted by Crippen LogP contribution is -2.04. The van der Waals surface area contributed by atoms with Crippen molar-refractivity contribution in [1.82, 2.24) is 19.5 Å². The van der Waals surface area contributed by atoms with Crippen molar-refractivity contribution in [3.05, 3.63) is 230 Å². The molecule has 61 heavy (non-hydrogen) atoms. The molecule has 0 aliphatic heterocycles. The van der Waals surface area contributed by atoms with Crippen LogP contribution in [0.2, 0.25) is 0 Å². The van der Waals surface area contributed by atoms with Crippen LogP contribution in [0.4, 0.5) is 0 Å². The minimum absolute atomic E-state index is 0.0121. The minimum Gasteiger partial charge on any atom is -0.308 e. The van der Waals surface area contributed by atoms with Gasteiger partial charge in [-0.25, -0.2) is 15.0 Å². The Bertz CT molecular complexity index is 3610. The molecule has 0 saturated carbocycles. The molecule has 0 unspecified atom stereocenters. The van der Waals surface area contributed by atoms with E-state index in [1.807, 2.05) is 176 Å². The first-order chi connectivity index (χ1) is 33.5. The van der Waals surface area contributed by atoms with E-state index in [1.165, 1.54) is 4.57 Å². The van der Waals surface area contributed by atoms with Crippen molar-refractivity contribution in [1.29, 1.82) is 0 Å². The molecule has 4 heteroatoms. The van der Waals surface area contributed by atoms with E-state index >= 15 is 0 Å². The molecule has 0 aliphatic rings. The summed E-state index contributed by atoms with van der Waals surface area (Å²) in [4.78, 5) is 15.4. The van der Waals surface area contributed by atoms with Crippen LogP contribution in [-0.2, 0) is 0 Å². The van der Waals surface area contributed by atoms with Crippen molar-refractivity contribution >= 4 is 21.8 Å². The largest absolute Gasteiger partial charge is 0.308 e. The molecule has 286 valence electrons. The highest BCUT2D eigenvalue weighted by atomic mass is 15.1. The van der Waals surface area contributed by atoms with Gasteiger partial charge in [-0.2, -0.15) is 0 Å². The molecule has 0 saturated heterocycles. The summed E-state index contributed by atoms with van der Waals surface area (Å²) in [6.07, 6.45) is 0. The second-order valence-corrected chi connectivity index (χ2v) is 14.7. The number of benzene rings is 9. The topological polar surface area (TPSA) is 43.6 Å². The van der Waals surface area contributed by atoms with Gasteiger partial charge in [-0.1, -0.05) is 200 Å². The smallest absolute Gasteiger partial charge is 0.166 e. The highest BCUT2D eigenvalue weighted by molar-refractivity contribution is 6.09. The van der Waals surface area contributed by atoms with Crippen LogP contribution >= 0.6 is 0 Å². The number of para-hydroxylation sites is 2. The summed E-state index contributed by atoms with van der Waals surface area (Å²) in [6.45, 7) is 0. The number of aromatic nitrogens is 4. The predicted molar refractivity (Wildman–Crippen MR) is 252 cm³/mol. The molecule has 11 aromatic rings. The quantitative estimate of drug-likeness (QED) is 0.154. The second kappa shape index (κ2) is 15.5. The van der Waals surface area contributed by atoms with Crippen LogP contribution in [0.25, 0.3) is 106 Å². The Morgan fingerprint density at radius 2 is 0.672 bits per heavy atom. The summed E-state index contributed by atoms with van der Waals surface area (Å²) in [5.74, 6) is 0.974. The van der Waals surface area contributed by atoms with Gasteiger partial charge in [0.05, 0.1) is 27.7 Å². The number of hydrogen-bond acceptors (Lipinski definition) is 3. The summed E-state index contributed by atoms with van der Waals surface area (Å²) < 4.78 is 73.8. The third kappa shape index (κ3) is 6.86. The van der Waals surface area contributed by atoms with E-state index in [0.717, 1.165) is 55.6 Å². The van der Waals surface area contributed by atoms with Crippen molar-refractivity contribution in [3.8, 4) is 84.4 Å². The first kappa shape index (κ1) is 28.3. The zero-order valence-electron chi connectivity index (χ0n) is 40.6. The van der Waals surface area contributed by atoms with Gasteiger partial charge in [0.2, 0.25) is 0 Å². The van der Waals surface area contributed by atoms with Crippen molar-refractivity contribution in [2.24, 2.45) is 0 Å². The van der Waals surface area contributed by atoms with Gasteiger partial charge < -0.3 is 4.57 Å². The molecule has 0 spiro atoms. The van der Waals surface area contributed by atoms with E-state index in [4.69, 9.17) is 20.4 Å². The molecule has 2 heterocycles. The third-order valence-corrected chi connectivity index (χ3v) is 11.0. The van der Waals surface area contributed by atoms with Crippen LogP contribution in [0, 0.1) is 0 Å². The Morgan fingerprint density at radius 3 is 1.18 bits per heavy atom. The molecular weight excluding hydrogens is 741 g/mol. The molecular formula is C57H38N4. The average Bonchev–Trinajstić information content (AvgIpc) is 3.78. The number of fused-ring (bicyclic) bond motifs is 3. The molecule has 9 aromatic carbocycles. The summed E-state index contributed by atoms with van der Waals surface area (Å²) in [5, 5.41) is -0.0565. The van der Waals surface area contributed by atoms with Crippen LogP contribution < -0.4 is 0 Å². The highest BCUT2D eigenvalue weighted by Gasteiger charge is 2.20. The average molecular weight is 787 g/mol. The van der Waals surface area contributed by atoms with Crippen molar-refractivity contribution in [3.63, 3.8) is 0 Å². The molecule has 0 bridgehead atoms. The van der Waals surface area contributed by atoms with Crippen LogP contribution in [0.5, 0.6) is 0 Å².